The van der Waals surface area contributed by atoms with E-state index >= 15 is 0 Å². The number of sulfonamides is 1. The van der Waals surface area contributed by atoms with Gasteiger partial charge in [-0.05, 0) is 74.1 Å². The Hall–Kier alpha value is -1.67. The summed E-state index contributed by atoms with van der Waals surface area (Å²) in [6, 6.07) is 10.6. The maximum absolute atomic E-state index is 13.8. The SMILES string of the molecule is CC(C)CN([C@H]1CCN(C2CCN(C(C)C)CC2)C1=O)S(=O)(=O)c1ccc2cc(Cl)ccc2c1. The fourth-order valence-corrected chi connectivity index (χ4v) is 7.27. The molecule has 8 heteroatoms. The second-order valence-corrected chi connectivity index (χ2v) is 12.6. The molecule has 0 bridgehead atoms. The quantitative estimate of drug-likeness (QED) is 0.551. The molecule has 6 nitrogen and oxygen atoms in total. The van der Waals surface area contributed by atoms with Crippen LogP contribution in [0.1, 0.15) is 47.0 Å². The molecule has 2 saturated heterocycles. The number of piperidine rings is 1. The Morgan fingerprint density at radius 3 is 2.26 bits per heavy atom. The Balaban J connectivity index is 1.58. The van der Waals surface area contributed by atoms with Crippen molar-refractivity contribution in [3.05, 3.63) is 41.4 Å². The first kappa shape index (κ1) is 25.4. The molecule has 0 radical (unpaired) electrons. The summed E-state index contributed by atoms with van der Waals surface area (Å²) in [5.74, 6) is 0.0601. The fourth-order valence-electron chi connectivity index (χ4n) is 5.27. The van der Waals surface area contributed by atoms with Crippen molar-refractivity contribution in [1.29, 1.82) is 0 Å². The van der Waals surface area contributed by atoms with Crippen LogP contribution >= 0.6 is 11.6 Å². The third-order valence-electron chi connectivity index (χ3n) is 7.15. The molecule has 1 atom stereocenters. The minimum absolute atomic E-state index is 0.0419. The van der Waals surface area contributed by atoms with Gasteiger partial charge in [0.1, 0.15) is 6.04 Å². The van der Waals surface area contributed by atoms with Gasteiger partial charge < -0.3 is 9.80 Å². The van der Waals surface area contributed by atoms with E-state index in [1.165, 1.54) is 4.31 Å². The number of likely N-dealkylation sites (tertiary alicyclic amines) is 2. The Morgan fingerprint density at radius 1 is 0.971 bits per heavy atom. The van der Waals surface area contributed by atoms with Crippen molar-refractivity contribution in [2.75, 3.05) is 26.2 Å². The monoisotopic (exact) mass is 505 g/mol. The van der Waals surface area contributed by atoms with E-state index in [1.54, 1.807) is 24.3 Å². The molecule has 0 spiro atoms. The summed E-state index contributed by atoms with van der Waals surface area (Å²) in [4.78, 5) is 18.2. The van der Waals surface area contributed by atoms with Gasteiger partial charge in [-0.1, -0.05) is 37.6 Å². The highest BCUT2D eigenvalue weighted by molar-refractivity contribution is 7.89. The summed E-state index contributed by atoms with van der Waals surface area (Å²) < 4.78 is 29.1. The molecular weight excluding hydrogens is 470 g/mol. The molecule has 2 fully saturated rings. The molecule has 0 aliphatic carbocycles. The lowest BCUT2D eigenvalue weighted by Gasteiger charge is -2.39. The first-order valence-corrected chi connectivity index (χ1v) is 14.2. The van der Waals surface area contributed by atoms with E-state index in [0.29, 0.717) is 30.6 Å². The predicted molar refractivity (Wildman–Crippen MR) is 138 cm³/mol. The van der Waals surface area contributed by atoms with E-state index in [4.69, 9.17) is 11.6 Å². The van der Waals surface area contributed by atoms with E-state index in [2.05, 4.69) is 18.7 Å². The van der Waals surface area contributed by atoms with Crippen LogP contribution in [-0.2, 0) is 14.8 Å². The maximum atomic E-state index is 13.8. The Morgan fingerprint density at radius 2 is 1.62 bits per heavy atom. The van der Waals surface area contributed by atoms with Crippen LogP contribution in [0.25, 0.3) is 10.8 Å². The number of benzene rings is 2. The molecule has 4 rings (SSSR count). The number of hydrogen-bond donors (Lipinski definition) is 0. The minimum Gasteiger partial charge on any atom is -0.338 e. The van der Waals surface area contributed by atoms with E-state index in [1.807, 2.05) is 30.9 Å². The number of carbonyl (C=O) groups excluding carboxylic acids is 1. The molecule has 0 aromatic heterocycles. The predicted octanol–water partition coefficient (Wildman–Crippen LogP) is 4.61. The second kappa shape index (κ2) is 10.1. The molecule has 2 aromatic rings. The van der Waals surface area contributed by atoms with Crippen LogP contribution in [0.4, 0.5) is 0 Å². The van der Waals surface area contributed by atoms with Crippen molar-refractivity contribution in [3.8, 4) is 0 Å². The average molecular weight is 506 g/mol. The lowest BCUT2D eigenvalue weighted by atomic mass is 10.0. The average Bonchev–Trinajstić information content (AvgIpc) is 3.17. The molecule has 186 valence electrons. The molecule has 34 heavy (non-hydrogen) atoms. The first-order valence-electron chi connectivity index (χ1n) is 12.3. The number of halogens is 1. The van der Waals surface area contributed by atoms with Crippen molar-refractivity contribution in [2.45, 2.75) is 70.0 Å². The van der Waals surface area contributed by atoms with Gasteiger partial charge in [-0.15, -0.1) is 0 Å². The highest BCUT2D eigenvalue weighted by atomic mass is 35.5. The molecule has 2 aliphatic rings. The van der Waals surface area contributed by atoms with Crippen LogP contribution in [-0.4, -0.2) is 72.7 Å². The van der Waals surface area contributed by atoms with Gasteiger partial charge in [0, 0.05) is 43.3 Å². The third kappa shape index (κ3) is 5.13. The van der Waals surface area contributed by atoms with Crippen LogP contribution in [0.2, 0.25) is 5.02 Å². The van der Waals surface area contributed by atoms with Crippen molar-refractivity contribution in [3.63, 3.8) is 0 Å². The fraction of sp³-hybridized carbons (Fsp3) is 0.577. The van der Waals surface area contributed by atoms with Gasteiger partial charge in [0.15, 0.2) is 0 Å². The Bertz CT molecular complexity index is 1140. The standard InChI is InChI=1S/C26H36ClN3O3S/c1-18(2)17-30(34(32,33)24-8-6-20-15-22(27)7-5-21(20)16-24)25-11-14-29(26(25)31)23-9-12-28(13-10-23)19(3)4/h5-8,15-16,18-19,23,25H,9-14,17H2,1-4H3/t25-/m0/s1. The Labute approximate surface area is 208 Å². The summed E-state index contributed by atoms with van der Waals surface area (Å²) in [7, 11) is -3.84. The molecule has 1 amide bonds. The summed E-state index contributed by atoms with van der Waals surface area (Å²) in [5, 5.41) is 2.31. The van der Waals surface area contributed by atoms with Crippen LogP contribution in [0.3, 0.4) is 0 Å². The first-order chi connectivity index (χ1) is 16.1. The van der Waals surface area contributed by atoms with Crippen LogP contribution < -0.4 is 0 Å². The van der Waals surface area contributed by atoms with Gasteiger partial charge in [0.05, 0.1) is 4.90 Å². The van der Waals surface area contributed by atoms with Crippen molar-refractivity contribution in [1.82, 2.24) is 14.1 Å². The van der Waals surface area contributed by atoms with Crippen molar-refractivity contribution >= 4 is 38.3 Å². The normalized spacial score (nSPS) is 21.0. The van der Waals surface area contributed by atoms with Gasteiger partial charge in [-0.25, -0.2) is 8.42 Å². The van der Waals surface area contributed by atoms with Crippen LogP contribution in [0.15, 0.2) is 41.3 Å². The smallest absolute Gasteiger partial charge is 0.243 e. The summed E-state index contributed by atoms with van der Waals surface area (Å²) in [6.45, 7) is 11.3. The zero-order chi connectivity index (χ0) is 24.6. The molecule has 0 unspecified atom stereocenters. The van der Waals surface area contributed by atoms with Gasteiger partial charge in [0.2, 0.25) is 15.9 Å². The zero-order valence-electron chi connectivity index (χ0n) is 20.6. The second-order valence-electron chi connectivity index (χ2n) is 10.3. The number of carbonyl (C=O) groups is 1. The topological polar surface area (TPSA) is 60.9 Å². The highest BCUT2D eigenvalue weighted by Gasteiger charge is 2.44. The zero-order valence-corrected chi connectivity index (χ0v) is 22.1. The number of amides is 1. The van der Waals surface area contributed by atoms with Crippen LogP contribution in [0, 0.1) is 5.92 Å². The number of hydrogen-bond acceptors (Lipinski definition) is 4. The van der Waals surface area contributed by atoms with Gasteiger partial charge in [-0.2, -0.15) is 4.31 Å². The van der Waals surface area contributed by atoms with Crippen LogP contribution in [0.5, 0.6) is 0 Å². The summed E-state index contributed by atoms with van der Waals surface area (Å²) >= 11 is 6.09. The van der Waals surface area contributed by atoms with Gasteiger partial charge in [-0.3, -0.25) is 4.79 Å². The van der Waals surface area contributed by atoms with E-state index in [0.717, 1.165) is 36.7 Å². The molecule has 0 N–H and O–H groups in total. The molecule has 2 heterocycles. The highest BCUT2D eigenvalue weighted by Crippen LogP contribution is 2.31. The summed E-state index contributed by atoms with van der Waals surface area (Å²) in [5.41, 5.74) is 0. The van der Waals surface area contributed by atoms with Gasteiger partial charge >= 0.3 is 0 Å². The minimum atomic E-state index is -3.84. The lowest BCUT2D eigenvalue weighted by molar-refractivity contribution is -0.133. The maximum Gasteiger partial charge on any atom is 0.243 e. The number of nitrogens with zero attached hydrogens (tertiary/aromatic N) is 3. The van der Waals surface area contributed by atoms with E-state index in [-0.39, 0.29) is 22.8 Å². The molecule has 2 aromatic carbocycles. The van der Waals surface area contributed by atoms with Gasteiger partial charge in [0.25, 0.3) is 0 Å². The molecular formula is C26H36ClN3O3S. The van der Waals surface area contributed by atoms with Crippen molar-refractivity contribution < 1.29 is 13.2 Å². The van der Waals surface area contributed by atoms with E-state index in [9.17, 15) is 13.2 Å². The Kier molecular flexibility index (Phi) is 7.58. The lowest BCUT2D eigenvalue weighted by Crippen LogP contribution is -2.51. The third-order valence-corrected chi connectivity index (χ3v) is 9.26. The largest absolute Gasteiger partial charge is 0.338 e. The number of rotatable bonds is 7. The summed E-state index contributed by atoms with van der Waals surface area (Å²) in [6.07, 6.45) is 2.43. The van der Waals surface area contributed by atoms with Crippen molar-refractivity contribution in [2.24, 2.45) is 5.92 Å². The number of fused-ring (bicyclic) bond motifs is 1. The molecule has 0 saturated carbocycles. The molecule has 2 aliphatic heterocycles. The van der Waals surface area contributed by atoms with E-state index < -0.39 is 16.1 Å².